The first-order valence-electron chi connectivity index (χ1n) is 12.1. The van der Waals surface area contributed by atoms with E-state index in [2.05, 4.69) is 71.5 Å². The van der Waals surface area contributed by atoms with Crippen molar-refractivity contribution in [3.63, 3.8) is 0 Å². The molecule has 0 saturated carbocycles. The van der Waals surface area contributed by atoms with Gasteiger partial charge in [-0.2, -0.15) is 0 Å². The summed E-state index contributed by atoms with van der Waals surface area (Å²) in [5.41, 5.74) is 5.56. The summed E-state index contributed by atoms with van der Waals surface area (Å²) in [6.45, 7) is 5.72. The number of para-hydroxylation sites is 1. The highest BCUT2D eigenvalue weighted by atomic mass is 35.5. The Bertz CT molecular complexity index is 1290. The second-order valence-electron chi connectivity index (χ2n) is 9.11. The molecule has 3 aromatic carbocycles. The van der Waals surface area contributed by atoms with E-state index in [1.807, 2.05) is 36.4 Å². The number of aromatic nitrogens is 1. The van der Waals surface area contributed by atoms with E-state index in [-0.39, 0.29) is 0 Å². The maximum Gasteiger partial charge on any atom is 0.130 e. The monoisotopic (exact) mass is 483 g/mol. The van der Waals surface area contributed by atoms with Gasteiger partial charge in [0.2, 0.25) is 0 Å². The van der Waals surface area contributed by atoms with Crippen LogP contribution in [0.3, 0.4) is 0 Å². The molecule has 2 heterocycles. The normalized spacial score (nSPS) is 15.4. The Morgan fingerprint density at radius 2 is 1.63 bits per heavy atom. The Kier molecular flexibility index (Phi) is 7.43. The smallest absolute Gasteiger partial charge is 0.130 e. The molecule has 35 heavy (non-hydrogen) atoms. The molecule has 0 spiro atoms. The molecule has 0 unspecified atom stereocenters. The van der Waals surface area contributed by atoms with E-state index >= 15 is 0 Å². The molecule has 0 radical (unpaired) electrons. The van der Waals surface area contributed by atoms with Crippen molar-refractivity contribution in [1.29, 1.82) is 0 Å². The highest BCUT2D eigenvalue weighted by Crippen LogP contribution is 2.24. The first kappa shape index (κ1) is 23.6. The van der Waals surface area contributed by atoms with E-state index in [1.165, 1.54) is 11.1 Å². The first-order chi connectivity index (χ1) is 17.1. The van der Waals surface area contributed by atoms with E-state index in [9.17, 15) is 0 Å². The Morgan fingerprint density at radius 1 is 0.886 bits per heavy atom. The second-order valence-corrected chi connectivity index (χ2v) is 9.55. The van der Waals surface area contributed by atoms with Gasteiger partial charge in [-0.05, 0) is 66.2 Å². The van der Waals surface area contributed by atoms with Gasteiger partial charge >= 0.3 is 0 Å². The molecular weight excluding hydrogens is 454 g/mol. The van der Waals surface area contributed by atoms with Gasteiger partial charge in [0, 0.05) is 43.1 Å². The molecule has 1 aliphatic rings. The Morgan fingerprint density at radius 3 is 2.40 bits per heavy atom. The number of benzene rings is 3. The van der Waals surface area contributed by atoms with E-state index in [1.54, 1.807) is 0 Å². The third-order valence-corrected chi connectivity index (χ3v) is 6.72. The van der Waals surface area contributed by atoms with Gasteiger partial charge in [-0.3, -0.25) is 4.90 Å². The molecule has 1 saturated heterocycles. The summed E-state index contributed by atoms with van der Waals surface area (Å²) in [4.78, 5) is 9.62. The lowest BCUT2D eigenvalue weighted by Gasteiger charge is -2.33. The van der Waals surface area contributed by atoms with Crippen LogP contribution >= 0.6 is 11.6 Å². The van der Waals surface area contributed by atoms with Crippen LogP contribution in [0.1, 0.15) is 16.8 Å². The Balaban J connectivity index is 1.31. The van der Waals surface area contributed by atoms with Crippen LogP contribution in [0.15, 0.2) is 84.9 Å². The van der Waals surface area contributed by atoms with E-state index in [0.29, 0.717) is 6.61 Å². The SMILES string of the molecule is CN1CCN(C/C(=C\c2ccc(Cl)cc2)c2ccc(OCc3ccc4ccccc4n3)cc2)CC1. The quantitative estimate of drug-likeness (QED) is 0.290. The van der Waals surface area contributed by atoms with Crippen LogP contribution in [-0.2, 0) is 6.61 Å². The standard InChI is InChI=1S/C30H30ClN3O/c1-33-16-18-34(19-17-33)21-26(20-23-6-11-27(31)12-7-23)24-9-14-29(15-10-24)35-22-28-13-8-25-4-2-3-5-30(25)32-28/h2-15,20H,16-19,21-22H2,1H3/b26-20+. The van der Waals surface area contributed by atoms with E-state index < -0.39 is 0 Å². The van der Waals surface area contributed by atoms with Crippen LogP contribution in [0, 0.1) is 0 Å². The van der Waals surface area contributed by atoms with Gasteiger partial charge in [0.05, 0.1) is 11.2 Å². The number of nitrogens with zero attached hydrogens (tertiary/aromatic N) is 3. The topological polar surface area (TPSA) is 28.6 Å². The fourth-order valence-electron chi connectivity index (χ4n) is 4.34. The Labute approximate surface area is 212 Å². The molecule has 1 fully saturated rings. The predicted octanol–water partition coefficient (Wildman–Crippen LogP) is 6.26. The minimum atomic E-state index is 0.443. The number of piperazine rings is 1. The molecule has 0 N–H and O–H groups in total. The van der Waals surface area contributed by atoms with Crippen molar-refractivity contribution in [1.82, 2.24) is 14.8 Å². The van der Waals surface area contributed by atoms with Gasteiger partial charge in [-0.25, -0.2) is 4.98 Å². The summed E-state index contributed by atoms with van der Waals surface area (Å²) >= 11 is 6.10. The molecule has 1 aromatic heterocycles. The summed E-state index contributed by atoms with van der Waals surface area (Å²) in [5, 5.41) is 1.89. The third kappa shape index (κ3) is 6.29. The molecule has 0 amide bonds. The average molecular weight is 484 g/mol. The molecule has 0 bridgehead atoms. The molecule has 5 heteroatoms. The highest BCUT2D eigenvalue weighted by molar-refractivity contribution is 6.30. The van der Waals surface area contributed by atoms with Crippen LogP contribution in [0.5, 0.6) is 5.75 Å². The number of rotatable bonds is 7. The number of ether oxygens (including phenoxy) is 1. The number of fused-ring (bicyclic) bond motifs is 1. The third-order valence-electron chi connectivity index (χ3n) is 6.47. The number of likely N-dealkylation sites (N-methyl/N-ethyl adjacent to an activating group) is 1. The zero-order valence-electron chi connectivity index (χ0n) is 20.0. The second kappa shape index (κ2) is 11.0. The maximum atomic E-state index is 6.10. The molecule has 0 aliphatic carbocycles. The van der Waals surface area contributed by atoms with Gasteiger partial charge < -0.3 is 9.64 Å². The summed E-state index contributed by atoms with van der Waals surface area (Å²) in [6, 6.07) is 28.7. The van der Waals surface area contributed by atoms with E-state index in [0.717, 1.165) is 65.7 Å². The van der Waals surface area contributed by atoms with Crippen molar-refractivity contribution in [3.8, 4) is 5.75 Å². The van der Waals surface area contributed by atoms with Crippen LogP contribution in [0.2, 0.25) is 5.02 Å². The minimum Gasteiger partial charge on any atom is -0.487 e. The van der Waals surface area contributed by atoms with Crippen LogP contribution in [0.4, 0.5) is 0 Å². The van der Waals surface area contributed by atoms with Crippen molar-refractivity contribution in [2.75, 3.05) is 39.8 Å². The van der Waals surface area contributed by atoms with Gasteiger partial charge in [0.1, 0.15) is 12.4 Å². The van der Waals surface area contributed by atoms with Gasteiger partial charge in [0.25, 0.3) is 0 Å². The van der Waals surface area contributed by atoms with Crippen LogP contribution in [-0.4, -0.2) is 54.6 Å². The van der Waals surface area contributed by atoms with Crippen molar-refractivity contribution >= 4 is 34.2 Å². The van der Waals surface area contributed by atoms with Crippen LogP contribution in [0.25, 0.3) is 22.6 Å². The number of pyridine rings is 1. The number of halogens is 1. The average Bonchev–Trinajstić information content (AvgIpc) is 2.90. The summed E-state index contributed by atoms with van der Waals surface area (Å²) in [6.07, 6.45) is 2.27. The van der Waals surface area contributed by atoms with Crippen molar-refractivity contribution in [2.24, 2.45) is 0 Å². The van der Waals surface area contributed by atoms with Gasteiger partial charge in [-0.15, -0.1) is 0 Å². The lowest BCUT2D eigenvalue weighted by atomic mass is 10.0. The Hall–Kier alpha value is -3.18. The predicted molar refractivity (Wildman–Crippen MR) is 146 cm³/mol. The highest BCUT2D eigenvalue weighted by Gasteiger charge is 2.16. The van der Waals surface area contributed by atoms with Crippen LogP contribution < -0.4 is 4.74 Å². The largest absolute Gasteiger partial charge is 0.487 e. The molecule has 0 atom stereocenters. The summed E-state index contributed by atoms with van der Waals surface area (Å²) < 4.78 is 6.06. The van der Waals surface area contributed by atoms with Crippen molar-refractivity contribution in [3.05, 3.63) is 107 Å². The molecule has 4 aromatic rings. The minimum absolute atomic E-state index is 0.443. The van der Waals surface area contributed by atoms with Crippen molar-refractivity contribution < 1.29 is 4.74 Å². The summed E-state index contributed by atoms with van der Waals surface area (Å²) in [7, 11) is 2.19. The van der Waals surface area contributed by atoms with E-state index in [4.69, 9.17) is 21.3 Å². The molecule has 5 rings (SSSR count). The zero-order valence-corrected chi connectivity index (χ0v) is 20.8. The molecule has 178 valence electrons. The molecule has 4 nitrogen and oxygen atoms in total. The fourth-order valence-corrected chi connectivity index (χ4v) is 4.46. The molecular formula is C30H30ClN3O. The first-order valence-corrected chi connectivity index (χ1v) is 12.5. The zero-order chi connectivity index (χ0) is 24.0. The van der Waals surface area contributed by atoms with Gasteiger partial charge in [0.15, 0.2) is 0 Å². The molecule has 1 aliphatic heterocycles. The number of hydrogen-bond acceptors (Lipinski definition) is 4. The lowest BCUT2D eigenvalue weighted by molar-refractivity contribution is 0.168. The fraction of sp³-hybridized carbons (Fsp3) is 0.233. The lowest BCUT2D eigenvalue weighted by Crippen LogP contribution is -2.44. The van der Waals surface area contributed by atoms with Crippen molar-refractivity contribution in [2.45, 2.75) is 6.61 Å². The number of hydrogen-bond donors (Lipinski definition) is 0. The summed E-state index contributed by atoms with van der Waals surface area (Å²) in [5.74, 6) is 0.842. The van der Waals surface area contributed by atoms with Gasteiger partial charge in [-0.1, -0.05) is 60.1 Å². The maximum absolute atomic E-state index is 6.10.